The van der Waals surface area contributed by atoms with Crippen molar-refractivity contribution in [3.05, 3.63) is 58.9 Å². The maximum atomic E-state index is 14.2. The maximum absolute atomic E-state index is 14.2. The average Bonchev–Trinajstić information content (AvgIpc) is 2.49. The highest BCUT2D eigenvalue weighted by Crippen LogP contribution is 2.30. The average molecular weight is 292 g/mol. The molecule has 0 spiro atoms. The SMILES string of the molecule is CCNC(c1cc(C)c(F)cc1F)c1ncccc1OC. The molecule has 2 rings (SSSR count). The Hall–Kier alpha value is -2.01. The molecule has 112 valence electrons. The minimum absolute atomic E-state index is 0.354. The van der Waals surface area contributed by atoms with Crippen LogP contribution in [-0.4, -0.2) is 18.6 Å². The predicted molar refractivity (Wildman–Crippen MR) is 77.4 cm³/mol. The lowest BCUT2D eigenvalue weighted by Crippen LogP contribution is -2.24. The lowest BCUT2D eigenvalue weighted by molar-refractivity contribution is 0.399. The fourth-order valence-corrected chi connectivity index (χ4v) is 2.25. The third-order valence-electron chi connectivity index (χ3n) is 3.29. The van der Waals surface area contributed by atoms with Crippen molar-refractivity contribution < 1.29 is 13.5 Å². The molecule has 1 unspecified atom stereocenters. The van der Waals surface area contributed by atoms with Gasteiger partial charge in [-0.25, -0.2) is 8.78 Å². The number of aromatic nitrogens is 1. The van der Waals surface area contributed by atoms with Gasteiger partial charge in [0, 0.05) is 17.8 Å². The molecule has 3 nitrogen and oxygen atoms in total. The van der Waals surface area contributed by atoms with E-state index in [9.17, 15) is 8.78 Å². The van der Waals surface area contributed by atoms with Crippen molar-refractivity contribution in [2.24, 2.45) is 0 Å². The third-order valence-corrected chi connectivity index (χ3v) is 3.29. The third kappa shape index (κ3) is 3.19. The van der Waals surface area contributed by atoms with Crippen molar-refractivity contribution in [1.82, 2.24) is 10.3 Å². The lowest BCUT2D eigenvalue weighted by atomic mass is 9.99. The zero-order valence-electron chi connectivity index (χ0n) is 12.3. The molecule has 21 heavy (non-hydrogen) atoms. The largest absolute Gasteiger partial charge is 0.495 e. The van der Waals surface area contributed by atoms with E-state index in [-0.39, 0.29) is 0 Å². The molecule has 1 N–H and O–H groups in total. The molecule has 1 aromatic carbocycles. The molecule has 0 saturated heterocycles. The summed E-state index contributed by atoms with van der Waals surface area (Å²) >= 11 is 0. The van der Waals surface area contributed by atoms with E-state index in [0.29, 0.717) is 29.1 Å². The van der Waals surface area contributed by atoms with Gasteiger partial charge in [-0.2, -0.15) is 0 Å². The summed E-state index contributed by atoms with van der Waals surface area (Å²) in [6, 6.07) is 5.43. The standard InChI is InChI=1S/C16H18F2N2O/c1-4-19-15(16-14(21-3)6-5-7-20-16)11-8-10(2)12(17)9-13(11)18/h5-9,15,19H,4H2,1-3H3. The predicted octanol–water partition coefficient (Wildman–Crippen LogP) is 3.38. The summed E-state index contributed by atoms with van der Waals surface area (Å²) in [6.45, 7) is 4.13. The first-order valence-electron chi connectivity index (χ1n) is 6.76. The molecule has 0 aliphatic rings. The van der Waals surface area contributed by atoms with Gasteiger partial charge in [0.1, 0.15) is 23.1 Å². The van der Waals surface area contributed by atoms with E-state index in [1.54, 1.807) is 25.3 Å². The Labute approximate surface area is 123 Å². The van der Waals surface area contributed by atoms with Gasteiger partial charge in [-0.15, -0.1) is 0 Å². The van der Waals surface area contributed by atoms with E-state index in [1.807, 2.05) is 6.92 Å². The number of benzene rings is 1. The number of halogens is 2. The number of pyridine rings is 1. The van der Waals surface area contributed by atoms with Gasteiger partial charge < -0.3 is 10.1 Å². The summed E-state index contributed by atoms with van der Waals surface area (Å²) in [5, 5.41) is 3.17. The van der Waals surface area contributed by atoms with Gasteiger partial charge in [-0.05, 0) is 37.2 Å². The Morgan fingerprint density at radius 3 is 2.71 bits per heavy atom. The van der Waals surface area contributed by atoms with E-state index in [1.165, 1.54) is 13.2 Å². The molecule has 1 heterocycles. The second-order valence-corrected chi connectivity index (χ2v) is 4.70. The number of aryl methyl sites for hydroxylation is 1. The second-order valence-electron chi connectivity index (χ2n) is 4.70. The second kappa shape index (κ2) is 6.63. The number of ether oxygens (including phenoxy) is 1. The molecule has 0 saturated carbocycles. The summed E-state index contributed by atoms with van der Waals surface area (Å²) in [7, 11) is 1.54. The number of hydrogen-bond donors (Lipinski definition) is 1. The molecule has 0 bridgehead atoms. The molecule has 0 amide bonds. The van der Waals surface area contributed by atoms with Crippen LogP contribution in [-0.2, 0) is 0 Å². The Kier molecular flexibility index (Phi) is 4.85. The molecule has 5 heteroatoms. The Morgan fingerprint density at radius 2 is 2.05 bits per heavy atom. The Morgan fingerprint density at radius 1 is 1.29 bits per heavy atom. The zero-order chi connectivity index (χ0) is 15.4. The molecular weight excluding hydrogens is 274 g/mol. The molecule has 0 fully saturated rings. The topological polar surface area (TPSA) is 34.2 Å². The summed E-state index contributed by atoms with van der Waals surface area (Å²) in [5.74, 6) is -0.596. The highest BCUT2D eigenvalue weighted by Gasteiger charge is 2.23. The summed E-state index contributed by atoms with van der Waals surface area (Å²) in [4.78, 5) is 4.29. The maximum Gasteiger partial charge on any atom is 0.142 e. The van der Waals surface area contributed by atoms with E-state index in [4.69, 9.17) is 4.74 Å². The van der Waals surface area contributed by atoms with Crippen LogP contribution in [0.15, 0.2) is 30.5 Å². The van der Waals surface area contributed by atoms with Gasteiger partial charge in [0.05, 0.1) is 13.2 Å². The first-order valence-corrected chi connectivity index (χ1v) is 6.76. The number of nitrogens with zero attached hydrogens (tertiary/aromatic N) is 1. The van der Waals surface area contributed by atoms with Crippen LogP contribution in [0.2, 0.25) is 0 Å². The fourth-order valence-electron chi connectivity index (χ4n) is 2.25. The molecule has 0 aliphatic heterocycles. The Bertz CT molecular complexity index is 632. The van der Waals surface area contributed by atoms with Gasteiger partial charge in [0.15, 0.2) is 0 Å². The normalized spacial score (nSPS) is 12.2. The van der Waals surface area contributed by atoms with Crippen molar-refractivity contribution in [2.45, 2.75) is 19.9 Å². The molecule has 2 aromatic rings. The molecule has 1 atom stereocenters. The van der Waals surface area contributed by atoms with Crippen molar-refractivity contribution in [2.75, 3.05) is 13.7 Å². The highest BCUT2D eigenvalue weighted by atomic mass is 19.1. The number of hydrogen-bond acceptors (Lipinski definition) is 3. The van der Waals surface area contributed by atoms with E-state index >= 15 is 0 Å². The zero-order valence-corrected chi connectivity index (χ0v) is 12.3. The summed E-state index contributed by atoms with van der Waals surface area (Å²) in [6.07, 6.45) is 1.62. The van der Waals surface area contributed by atoms with Crippen LogP contribution in [0.1, 0.15) is 29.8 Å². The van der Waals surface area contributed by atoms with Crippen molar-refractivity contribution in [3.63, 3.8) is 0 Å². The van der Waals surface area contributed by atoms with Gasteiger partial charge in [0.2, 0.25) is 0 Å². The van der Waals surface area contributed by atoms with Gasteiger partial charge >= 0.3 is 0 Å². The van der Waals surface area contributed by atoms with Gasteiger partial charge in [0.25, 0.3) is 0 Å². The van der Waals surface area contributed by atoms with Gasteiger partial charge in [-0.3, -0.25) is 4.98 Å². The van der Waals surface area contributed by atoms with Crippen molar-refractivity contribution in [3.8, 4) is 5.75 Å². The van der Waals surface area contributed by atoms with Crippen molar-refractivity contribution in [1.29, 1.82) is 0 Å². The van der Waals surface area contributed by atoms with Crippen LogP contribution >= 0.6 is 0 Å². The highest BCUT2D eigenvalue weighted by molar-refractivity contribution is 5.39. The first kappa shape index (κ1) is 15.4. The van der Waals surface area contributed by atoms with Crippen molar-refractivity contribution >= 4 is 0 Å². The molecule has 1 aromatic heterocycles. The molecule has 0 radical (unpaired) electrons. The van der Waals surface area contributed by atoms with E-state index < -0.39 is 17.7 Å². The molecule has 0 aliphatic carbocycles. The minimum Gasteiger partial charge on any atom is -0.495 e. The van der Waals surface area contributed by atoms with Crippen LogP contribution in [0.4, 0.5) is 8.78 Å². The van der Waals surface area contributed by atoms with E-state index in [2.05, 4.69) is 10.3 Å². The van der Waals surface area contributed by atoms with Crippen LogP contribution < -0.4 is 10.1 Å². The summed E-state index contributed by atoms with van der Waals surface area (Å²) < 4.78 is 32.9. The monoisotopic (exact) mass is 292 g/mol. The Balaban J connectivity index is 2.56. The van der Waals surface area contributed by atoms with Gasteiger partial charge in [-0.1, -0.05) is 6.92 Å². The van der Waals surface area contributed by atoms with Crippen LogP contribution in [0.5, 0.6) is 5.75 Å². The number of methoxy groups -OCH3 is 1. The van der Waals surface area contributed by atoms with Crippen LogP contribution in [0.3, 0.4) is 0 Å². The van der Waals surface area contributed by atoms with E-state index in [0.717, 1.165) is 6.07 Å². The van der Waals surface area contributed by atoms with Crippen LogP contribution in [0, 0.1) is 18.6 Å². The van der Waals surface area contributed by atoms with Crippen LogP contribution in [0.25, 0.3) is 0 Å². The number of rotatable bonds is 5. The quantitative estimate of drug-likeness (QED) is 0.917. The first-order chi connectivity index (χ1) is 10.1. The molecular formula is C16H18F2N2O. The number of nitrogens with one attached hydrogen (secondary N) is 1. The smallest absolute Gasteiger partial charge is 0.142 e. The fraction of sp³-hybridized carbons (Fsp3) is 0.312. The minimum atomic E-state index is -0.600. The lowest BCUT2D eigenvalue weighted by Gasteiger charge is -2.21. The summed E-state index contributed by atoms with van der Waals surface area (Å²) in [5.41, 5.74) is 1.32.